The number of guanidine groups is 1. The summed E-state index contributed by atoms with van der Waals surface area (Å²) in [6.45, 7) is 13.4. The van der Waals surface area contributed by atoms with E-state index < -0.39 is 0 Å². The molecular formula is C23H37N9. The summed E-state index contributed by atoms with van der Waals surface area (Å²) in [5.74, 6) is 2.54. The van der Waals surface area contributed by atoms with Crippen LogP contribution in [0.3, 0.4) is 0 Å². The van der Waals surface area contributed by atoms with Crippen molar-refractivity contribution in [3.63, 3.8) is 0 Å². The van der Waals surface area contributed by atoms with Crippen LogP contribution in [-0.4, -0.2) is 94.2 Å². The molecule has 2 atom stereocenters. The Hall–Kier alpha value is -2.68. The highest BCUT2D eigenvalue weighted by Gasteiger charge is 2.28. The highest BCUT2D eigenvalue weighted by molar-refractivity contribution is 5.80. The van der Waals surface area contributed by atoms with E-state index in [1.165, 1.54) is 6.42 Å². The second-order valence-corrected chi connectivity index (χ2v) is 8.76. The number of hydrogen-bond acceptors (Lipinski definition) is 6. The normalized spacial score (nSPS) is 22.9. The molecule has 0 aromatic carbocycles. The predicted molar refractivity (Wildman–Crippen MR) is 128 cm³/mol. The minimum atomic E-state index is 0.444. The number of anilines is 1. The van der Waals surface area contributed by atoms with Crippen LogP contribution in [-0.2, 0) is 0 Å². The SMILES string of the molecule is CCNC(=NCCCN1CCN(c2ncccn2)CC1)N1CCC(C)C(n2ccnc2)C1. The highest BCUT2D eigenvalue weighted by atomic mass is 15.3. The van der Waals surface area contributed by atoms with Crippen molar-refractivity contribution in [2.45, 2.75) is 32.7 Å². The maximum Gasteiger partial charge on any atom is 0.225 e. The lowest BCUT2D eigenvalue weighted by Gasteiger charge is -2.39. The van der Waals surface area contributed by atoms with Gasteiger partial charge in [-0.1, -0.05) is 6.92 Å². The molecule has 0 amide bonds. The fourth-order valence-electron chi connectivity index (χ4n) is 4.63. The molecule has 9 nitrogen and oxygen atoms in total. The van der Waals surface area contributed by atoms with Crippen molar-refractivity contribution in [2.75, 3.05) is 63.8 Å². The Labute approximate surface area is 191 Å². The van der Waals surface area contributed by atoms with E-state index in [0.717, 1.165) is 77.2 Å². The van der Waals surface area contributed by atoms with E-state index in [2.05, 4.69) is 59.6 Å². The summed E-state index contributed by atoms with van der Waals surface area (Å²) in [5.41, 5.74) is 0. The Morgan fingerprint density at radius 2 is 1.94 bits per heavy atom. The molecular weight excluding hydrogens is 402 g/mol. The third kappa shape index (κ3) is 5.76. The van der Waals surface area contributed by atoms with Gasteiger partial charge in [-0.05, 0) is 31.7 Å². The van der Waals surface area contributed by atoms with E-state index in [4.69, 9.17) is 4.99 Å². The first-order chi connectivity index (χ1) is 15.7. The average Bonchev–Trinajstić information content (AvgIpc) is 3.37. The third-order valence-corrected chi connectivity index (χ3v) is 6.56. The molecule has 174 valence electrons. The van der Waals surface area contributed by atoms with Crippen molar-refractivity contribution in [3.8, 4) is 0 Å². The van der Waals surface area contributed by atoms with Gasteiger partial charge in [0.05, 0.1) is 12.4 Å². The molecule has 0 bridgehead atoms. The van der Waals surface area contributed by atoms with Gasteiger partial charge in [0.1, 0.15) is 0 Å². The van der Waals surface area contributed by atoms with Gasteiger partial charge in [0, 0.05) is 83.7 Å². The summed E-state index contributed by atoms with van der Waals surface area (Å²) in [6, 6.07) is 2.31. The summed E-state index contributed by atoms with van der Waals surface area (Å²) in [4.78, 5) is 25.2. The van der Waals surface area contributed by atoms with Gasteiger partial charge in [0.25, 0.3) is 0 Å². The largest absolute Gasteiger partial charge is 0.357 e. The molecule has 2 aliphatic rings. The Bertz CT molecular complexity index is 815. The Kier molecular flexibility index (Phi) is 7.92. The Morgan fingerprint density at radius 1 is 1.12 bits per heavy atom. The van der Waals surface area contributed by atoms with Gasteiger partial charge in [-0.25, -0.2) is 15.0 Å². The minimum Gasteiger partial charge on any atom is -0.357 e. The fraction of sp³-hybridized carbons (Fsp3) is 0.652. The summed E-state index contributed by atoms with van der Waals surface area (Å²) >= 11 is 0. The lowest BCUT2D eigenvalue weighted by atomic mass is 9.93. The smallest absolute Gasteiger partial charge is 0.225 e. The number of aromatic nitrogens is 4. The first-order valence-corrected chi connectivity index (χ1v) is 12.0. The molecule has 0 saturated carbocycles. The molecule has 2 fully saturated rings. The zero-order chi connectivity index (χ0) is 22.2. The topological polar surface area (TPSA) is 77.7 Å². The number of imidazole rings is 1. The molecule has 4 heterocycles. The standard InChI is InChI=1S/C23H37N9/c1-3-25-22(31-12-6-20(2)21(18-31)32-13-10-24-19-32)28-9-5-11-29-14-16-30(17-15-29)23-26-7-4-8-27-23/h4,7-8,10,13,19-21H,3,5-6,9,11-12,14-18H2,1-2H3,(H,25,28). The molecule has 2 aromatic heterocycles. The predicted octanol–water partition coefficient (Wildman–Crippen LogP) is 1.73. The van der Waals surface area contributed by atoms with E-state index in [1.807, 2.05) is 31.0 Å². The number of aliphatic imine (C=N–C) groups is 1. The first-order valence-electron chi connectivity index (χ1n) is 12.0. The van der Waals surface area contributed by atoms with Crippen molar-refractivity contribution in [1.29, 1.82) is 0 Å². The average molecular weight is 440 g/mol. The van der Waals surface area contributed by atoms with Gasteiger partial charge in [0.15, 0.2) is 5.96 Å². The maximum atomic E-state index is 4.97. The molecule has 0 spiro atoms. The van der Waals surface area contributed by atoms with Crippen molar-refractivity contribution >= 4 is 11.9 Å². The molecule has 2 unspecified atom stereocenters. The van der Waals surface area contributed by atoms with Gasteiger partial charge in [0.2, 0.25) is 5.95 Å². The lowest BCUT2D eigenvalue weighted by Crippen LogP contribution is -2.49. The molecule has 2 aliphatic heterocycles. The van der Waals surface area contributed by atoms with E-state index >= 15 is 0 Å². The molecule has 0 radical (unpaired) electrons. The summed E-state index contributed by atoms with van der Waals surface area (Å²) in [7, 11) is 0. The molecule has 32 heavy (non-hydrogen) atoms. The van der Waals surface area contributed by atoms with Gasteiger partial charge in [-0.15, -0.1) is 0 Å². The zero-order valence-electron chi connectivity index (χ0n) is 19.5. The summed E-state index contributed by atoms with van der Waals surface area (Å²) in [5, 5.41) is 3.51. The first kappa shape index (κ1) is 22.5. The second-order valence-electron chi connectivity index (χ2n) is 8.76. The van der Waals surface area contributed by atoms with E-state index in [1.54, 1.807) is 0 Å². The molecule has 4 rings (SSSR count). The van der Waals surface area contributed by atoms with Crippen LogP contribution in [0.25, 0.3) is 0 Å². The summed E-state index contributed by atoms with van der Waals surface area (Å²) < 4.78 is 2.25. The Morgan fingerprint density at radius 3 is 2.66 bits per heavy atom. The van der Waals surface area contributed by atoms with Crippen LogP contribution in [0, 0.1) is 5.92 Å². The quantitative estimate of drug-likeness (QED) is 0.400. The fourth-order valence-corrected chi connectivity index (χ4v) is 4.63. The van der Waals surface area contributed by atoms with Gasteiger partial charge >= 0.3 is 0 Å². The molecule has 2 saturated heterocycles. The molecule has 1 N–H and O–H groups in total. The van der Waals surface area contributed by atoms with Crippen LogP contribution in [0.15, 0.2) is 42.2 Å². The van der Waals surface area contributed by atoms with Crippen LogP contribution in [0.2, 0.25) is 0 Å². The number of piperazine rings is 1. The third-order valence-electron chi connectivity index (χ3n) is 6.56. The number of nitrogens with one attached hydrogen (secondary N) is 1. The van der Waals surface area contributed by atoms with Gasteiger partial charge in [-0.3, -0.25) is 9.89 Å². The van der Waals surface area contributed by atoms with Crippen molar-refractivity contribution in [2.24, 2.45) is 10.9 Å². The van der Waals surface area contributed by atoms with Crippen LogP contribution in [0.5, 0.6) is 0 Å². The zero-order valence-corrected chi connectivity index (χ0v) is 19.5. The van der Waals surface area contributed by atoms with E-state index in [0.29, 0.717) is 12.0 Å². The number of nitrogens with zero attached hydrogens (tertiary/aromatic N) is 8. The number of piperidine rings is 1. The van der Waals surface area contributed by atoms with Crippen molar-refractivity contribution in [1.82, 2.24) is 34.6 Å². The Balaban J connectivity index is 1.24. The van der Waals surface area contributed by atoms with Crippen LogP contribution in [0.1, 0.15) is 32.7 Å². The molecule has 9 heteroatoms. The number of likely N-dealkylation sites (tertiary alicyclic amines) is 1. The molecule has 0 aliphatic carbocycles. The maximum absolute atomic E-state index is 4.97. The van der Waals surface area contributed by atoms with Crippen molar-refractivity contribution in [3.05, 3.63) is 37.2 Å². The molecule has 2 aromatic rings. The lowest BCUT2D eigenvalue weighted by molar-refractivity contribution is 0.189. The monoisotopic (exact) mass is 439 g/mol. The van der Waals surface area contributed by atoms with Crippen LogP contribution >= 0.6 is 0 Å². The van der Waals surface area contributed by atoms with E-state index in [9.17, 15) is 0 Å². The van der Waals surface area contributed by atoms with Crippen molar-refractivity contribution < 1.29 is 0 Å². The van der Waals surface area contributed by atoms with Crippen LogP contribution < -0.4 is 10.2 Å². The number of rotatable bonds is 7. The summed E-state index contributed by atoms with van der Waals surface area (Å²) in [6.07, 6.45) is 11.8. The highest BCUT2D eigenvalue weighted by Crippen LogP contribution is 2.27. The van der Waals surface area contributed by atoms with E-state index in [-0.39, 0.29) is 0 Å². The minimum absolute atomic E-state index is 0.444. The second kappa shape index (κ2) is 11.3. The van der Waals surface area contributed by atoms with Crippen LogP contribution in [0.4, 0.5) is 5.95 Å². The number of hydrogen-bond donors (Lipinski definition) is 1. The van der Waals surface area contributed by atoms with Gasteiger partial charge < -0.3 is 19.7 Å². The van der Waals surface area contributed by atoms with Gasteiger partial charge in [-0.2, -0.15) is 0 Å².